The zero-order valence-electron chi connectivity index (χ0n) is 10.5. The number of nitrogens with one attached hydrogen (secondary N) is 1. The Morgan fingerprint density at radius 1 is 1.32 bits per heavy atom. The second kappa shape index (κ2) is 4.70. The number of halogens is 2. The standard InChI is InChI=1S/C13H14F2N4/c1-8-4-12(15)13(5-11(8)14)19-7-10(17-18-19)6-16-9-2-3-9/h4-5,7,9,16H,2-3,6H2,1H3. The van der Waals surface area contributed by atoms with Gasteiger partial charge in [0, 0.05) is 18.7 Å². The third kappa shape index (κ3) is 2.63. The van der Waals surface area contributed by atoms with Crippen molar-refractivity contribution in [3.63, 3.8) is 0 Å². The molecule has 19 heavy (non-hydrogen) atoms. The fourth-order valence-electron chi connectivity index (χ4n) is 1.84. The second-order valence-electron chi connectivity index (χ2n) is 4.86. The van der Waals surface area contributed by atoms with Gasteiger partial charge in [0.2, 0.25) is 0 Å². The van der Waals surface area contributed by atoms with Gasteiger partial charge in [-0.05, 0) is 31.4 Å². The van der Waals surface area contributed by atoms with Crippen LogP contribution in [0, 0.1) is 18.6 Å². The van der Waals surface area contributed by atoms with Crippen LogP contribution in [-0.4, -0.2) is 21.0 Å². The molecule has 3 rings (SSSR count). The van der Waals surface area contributed by atoms with Crippen LogP contribution in [0.15, 0.2) is 18.3 Å². The van der Waals surface area contributed by atoms with E-state index in [0.29, 0.717) is 18.3 Å². The van der Waals surface area contributed by atoms with Gasteiger partial charge in [-0.15, -0.1) is 5.10 Å². The van der Waals surface area contributed by atoms with Crippen molar-refractivity contribution in [3.05, 3.63) is 41.2 Å². The minimum Gasteiger partial charge on any atom is -0.308 e. The maximum absolute atomic E-state index is 13.8. The summed E-state index contributed by atoms with van der Waals surface area (Å²) in [7, 11) is 0. The topological polar surface area (TPSA) is 42.7 Å². The summed E-state index contributed by atoms with van der Waals surface area (Å²) in [6.07, 6.45) is 3.99. The maximum Gasteiger partial charge on any atom is 0.149 e. The number of nitrogens with zero attached hydrogens (tertiary/aromatic N) is 3. The average molecular weight is 264 g/mol. The van der Waals surface area contributed by atoms with Crippen molar-refractivity contribution in [2.75, 3.05) is 0 Å². The van der Waals surface area contributed by atoms with Crippen LogP contribution in [0.25, 0.3) is 5.69 Å². The van der Waals surface area contributed by atoms with E-state index in [4.69, 9.17) is 0 Å². The monoisotopic (exact) mass is 264 g/mol. The summed E-state index contributed by atoms with van der Waals surface area (Å²) in [6.45, 7) is 2.12. The largest absolute Gasteiger partial charge is 0.308 e. The molecule has 100 valence electrons. The molecule has 6 heteroatoms. The molecule has 0 spiro atoms. The molecule has 0 aliphatic heterocycles. The van der Waals surface area contributed by atoms with Crippen LogP contribution in [0.2, 0.25) is 0 Å². The Hall–Kier alpha value is -1.82. The van der Waals surface area contributed by atoms with Crippen molar-refractivity contribution in [1.29, 1.82) is 0 Å². The van der Waals surface area contributed by atoms with Crippen molar-refractivity contribution < 1.29 is 8.78 Å². The Balaban J connectivity index is 1.83. The van der Waals surface area contributed by atoms with Crippen molar-refractivity contribution in [2.45, 2.75) is 32.4 Å². The summed E-state index contributed by atoms with van der Waals surface area (Å²) in [5.41, 5.74) is 1.07. The minimum absolute atomic E-state index is 0.0771. The van der Waals surface area contributed by atoms with E-state index in [1.807, 2.05) is 0 Å². The van der Waals surface area contributed by atoms with Crippen LogP contribution in [0.5, 0.6) is 0 Å². The fourth-order valence-corrected chi connectivity index (χ4v) is 1.84. The number of aryl methyl sites for hydroxylation is 1. The van der Waals surface area contributed by atoms with Gasteiger partial charge in [-0.25, -0.2) is 13.5 Å². The smallest absolute Gasteiger partial charge is 0.149 e. The van der Waals surface area contributed by atoms with E-state index in [9.17, 15) is 8.78 Å². The van der Waals surface area contributed by atoms with Crippen LogP contribution in [0.1, 0.15) is 24.1 Å². The summed E-state index contributed by atoms with van der Waals surface area (Å²) in [6, 6.07) is 2.87. The number of rotatable bonds is 4. The molecule has 1 aliphatic rings. The van der Waals surface area contributed by atoms with Gasteiger partial charge in [-0.2, -0.15) is 0 Å². The summed E-state index contributed by atoms with van der Waals surface area (Å²) < 4.78 is 28.5. The molecule has 1 aliphatic carbocycles. The summed E-state index contributed by atoms with van der Waals surface area (Å²) >= 11 is 0. The van der Waals surface area contributed by atoms with E-state index in [-0.39, 0.29) is 11.3 Å². The first-order valence-corrected chi connectivity index (χ1v) is 6.24. The van der Waals surface area contributed by atoms with Gasteiger partial charge in [-0.1, -0.05) is 5.21 Å². The van der Waals surface area contributed by atoms with E-state index < -0.39 is 11.6 Å². The molecule has 1 N–H and O–H groups in total. The van der Waals surface area contributed by atoms with Gasteiger partial charge in [0.1, 0.15) is 17.3 Å². The lowest BCUT2D eigenvalue weighted by Crippen LogP contribution is -2.15. The highest BCUT2D eigenvalue weighted by Gasteiger charge is 2.20. The zero-order chi connectivity index (χ0) is 13.4. The minimum atomic E-state index is -0.509. The Kier molecular flexibility index (Phi) is 3.02. The zero-order valence-corrected chi connectivity index (χ0v) is 10.5. The first kappa shape index (κ1) is 12.2. The van der Waals surface area contributed by atoms with Gasteiger partial charge in [0.05, 0.1) is 11.9 Å². The van der Waals surface area contributed by atoms with Crippen LogP contribution in [0.4, 0.5) is 8.78 Å². The lowest BCUT2D eigenvalue weighted by atomic mass is 10.2. The van der Waals surface area contributed by atoms with Crippen molar-refractivity contribution in [2.24, 2.45) is 0 Å². The normalized spacial score (nSPS) is 14.9. The molecule has 0 unspecified atom stereocenters. The Bertz CT molecular complexity index is 605. The van der Waals surface area contributed by atoms with Gasteiger partial charge in [-0.3, -0.25) is 0 Å². The van der Waals surface area contributed by atoms with E-state index in [2.05, 4.69) is 15.6 Å². The Labute approximate surface area is 109 Å². The lowest BCUT2D eigenvalue weighted by Gasteiger charge is -2.04. The third-order valence-corrected chi connectivity index (χ3v) is 3.16. The SMILES string of the molecule is Cc1cc(F)c(-n2cc(CNC3CC3)nn2)cc1F. The molecular weight excluding hydrogens is 250 g/mol. The summed E-state index contributed by atoms with van der Waals surface area (Å²) in [4.78, 5) is 0. The highest BCUT2D eigenvalue weighted by atomic mass is 19.1. The Morgan fingerprint density at radius 2 is 2.11 bits per heavy atom. The van der Waals surface area contributed by atoms with Gasteiger partial charge < -0.3 is 5.32 Å². The molecule has 1 fully saturated rings. The highest BCUT2D eigenvalue weighted by molar-refractivity contribution is 5.36. The van der Waals surface area contributed by atoms with E-state index >= 15 is 0 Å². The van der Waals surface area contributed by atoms with Crippen molar-refractivity contribution in [3.8, 4) is 5.69 Å². The molecule has 0 radical (unpaired) electrons. The number of hydrogen-bond donors (Lipinski definition) is 1. The maximum atomic E-state index is 13.8. The predicted molar refractivity (Wildman–Crippen MR) is 65.9 cm³/mol. The molecule has 0 bridgehead atoms. The van der Waals surface area contributed by atoms with Gasteiger partial charge in [0.25, 0.3) is 0 Å². The molecule has 0 amide bonds. The summed E-state index contributed by atoms with van der Waals surface area (Å²) in [5.74, 6) is -0.963. The second-order valence-corrected chi connectivity index (χ2v) is 4.86. The molecule has 4 nitrogen and oxygen atoms in total. The molecule has 2 aromatic rings. The molecule has 1 aromatic heterocycles. The van der Waals surface area contributed by atoms with Crippen LogP contribution >= 0.6 is 0 Å². The van der Waals surface area contributed by atoms with Crippen molar-refractivity contribution >= 4 is 0 Å². The predicted octanol–water partition coefficient (Wildman–Crippen LogP) is 2.11. The summed E-state index contributed by atoms with van der Waals surface area (Å²) in [5, 5.41) is 11.1. The van der Waals surface area contributed by atoms with Crippen molar-refractivity contribution in [1.82, 2.24) is 20.3 Å². The van der Waals surface area contributed by atoms with Crippen LogP contribution < -0.4 is 5.32 Å². The molecule has 1 heterocycles. The molecule has 1 aromatic carbocycles. The number of benzene rings is 1. The average Bonchev–Trinajstić information content (AvgIpc) is 3.09. The lowest BCUT2D eigenvalue weighted by molar-refractivity contribution is 0.578. The number of aromatic nitrogens is 3. The third-order valence-electron chi connectivity index (χ3n) is 3.16. The fraction of sp³-hybridized carbons (Fsp3) is 0.385. The van der Waals surface area contributed by atoms with Crippen LogP contribution in [0.3, 0.4) is 0 Å². The molecule has 0 saturated heterocycles. The number of hydrogen-bond acceptors (Lipinski definition) is 3. The van der Waals surface area contributed by atoms with Gasteiger partial charge >= 0.3 is 0 Å². The van der Waals surface area contributed by atoms with E-state index in [1.54, 1.807) is 6.20 Å². The quantitative estimate of drug-likeness (QED) is 0.919. The Morgan fingerprint density at radius 3 is 2.84 bits per heavy atom. The molecule has 1 saturated carbocycles. The first-order chi connectivity index (χ1) is 9.13. The molecular formula is C13H14F2N4. The van der Waals surface area contributed by atoms with E-state index in [1.165, 1.54) is 24.4 Å². The van der Waals surface area contributed by atoms with Crippen LogP contribution in [-0.2, 0) is 6.54 Å². The highest BCUT2D eigenvalue weighted by Crippen LogP contribution is 2.20. The molecule has 0 atom stereocenters. The van der Waals surface area contributed by atoms with Gasteiger partial charge in [0.15, 0.2) is 0 Å². The van der Waals surface area contributed by atoms with E-state index in [0.717, 1.165) is 12.1 Å². The first-order valence-electron chi connectivity index (χ1n) is 6.24.